The minimum absolute atomic E-state index is 0.335. The first kappa shape index (κ1) is 20.1. The molecule has 0 aliphatic rings. The highest BCUT2D eigenvalue weighted by Gasteiger charge is 2.14. The van der Waals surface area contributed by atoms with E-state index in [1.807, 2.05) is 78.2 Å². The fourth-order valence-electron chi connectivity index (χ4n) is 3.12. The highest BCUT2D eigenvalue weighted by Crippen LogP contribution is 2.25. The fraction of sp³-hybridized carbons (Fsp3) is 0.167. The quantitative estimate of drug-likeness (QED) is 0.384. The summed E-state index contributed by atoms with van der Waals surface area (Å²) in [6.45, 7) is 3.81. The van der Waals surface area contributed by atoms with Crippen molar-refractivity contribution in [1.82, 2.24) is 4.57 Å². The predicted molar refractivity (Wildman–Crippen MR) is 119 cm³/mol. The first-order valence-electron chi connectivity index (χ1n) is 9.83. The van der Waals surface area contributed by atoms with Crippen LogP contribution in [0.3, 0.4) is 0 Å². The number of para-hydroxylation sites is 3. The Hall–Kier alpha value is -3.22. The molecule has 3 aromatic carbocycles. The van der Waals surface area contributed by atoms with Crippen molar-refractivity contribution >= 4 is 27.5 Å². The Balaban J connectivity index is 1.71. The third kappa shape index (κ3) is 4.50. The SMILES string of the molecule is CCOCCn1c(=NC(=O)c2ccccc2Oc2ccccc2)sc2ccccc21. The first-order valence-corrected chi connectivity index (χ1v) is 10.6. The summed E-state index contributed by atoms with van der Waals surface area (Å²) in [5.74, 6) is 0.823. The first-order chi connectivity index (χ1) is 14.8. The Bertz CT molecular complexity index is 1210. The Morgan fingerprint density at radius 2 is 1.70 bits per heavy atom. The molecule has 0 radical (unpaired) electrons. The van der Waals surface area contributed by atoms with Crippen LogP contribution in [0.2, 0.25) is 0 Å². The minimum Gasteiger partial charge on any atom is -0.457 e. The summed E-state index contributed by atoms with van der Waals surface area (Å²) >= 11 is 1.49. The summed E-state index contributed by atoms with van der Waals surface area (Å²) in [6.07, 6.45) is 0. The van der Waals surface area contributed by atoms with Crippen molar-refractivity contribution in [2.24, 2.45) is 4.99 Å². The van der Waals surface area contributed by atoms with E-state index in [2.05, 4.69) is 4.99 Å². The molecule has 0 atom stereocenters. The highest BCUT2D eigenvalue weighted by molar-refractivity contribution is 7.16. The minimum atomic E-state index is -0.335. The lowest BCUT2D eigenvalue weighted by molar-refractivity contribution is 0.0994. The van der Waals surface area contributed by atoms with E-state index in [0.29, 0.717) is 41.6 Å². The molecule has 30 heavy (non-hydrogen) atoms. The number of hydrogen-bond donors (Lipinski definition) is 0. The third-order valence-electron chi connectivity index (χ3n) is 4.54. The molecule has 0 saturated carbocycles. The molecule has 152 valence electrons. The van der Waals surface area contributed by atoms with Crippen LogP contribution in [0.4, 0.5) is 0 Å². The van der Waals surface area contributed by atoms with E-state index in [1.54, 1.807) is 12.1 Å². The van der Waals surface area contributed by atoms with Crippen LogP contribution in [0.1, 0.15) is 17.3 Å². The van der Waals surface area contributed by atoms with Crippen molar-refractivity contribution in [3.05, 3.63) is 89.2 Å². The van der Waals surface area contributed by atoms with Crippen LogP contribution in [0.25, 0.3) is 10.2 Å². The van der Waals surface area contributed by atoms with Crippen LogP contribution in [0.5, 0.6) is 11.5 Å². The maximum Gasteiger partial charge on any atom is 0.283 e. The second-order valence-corrected chi connectivity index (χ2v) is 7.54. The van der Waals surface area contributed by atoms with Gasteiger partial charge in [0.05, 0.1) is 22.4 Å². The molecule has 6 heteroatoms. The number of ether oxygens (including phenoxy) is 2. The van der Waals surface area contributed by atoms with Gasteiger partial charge in [-0.25, -0.2) is 0 Å². The normalized spacial score (nSPS) is 11.7. The molecule has 4 rings (SSSR count). The molecule has 1 heterocycles. The molecule has 0 saturated heterocycles. The number of thiazole rings is 1. The Morgan fingerprint density at radius 3 is 2.53 bits per heavy atom. The molecule has 0 aliphatic heterocycles. The number of amides is 1. The number of fused-ring (bicyclic) bond motifs is 1. The topological polar surface area (TPSA) is 52.8 Å². The molecule has 0 bridgehead atoms. The van der Waals surface area contributed by atoms with Crippen LogP contribution in [0, 0.1) is 0 Å². The smallest absolute Gasteiger partial charge is 0.283 e. The summed E-state index contributed by atoms with van der Waals surface area (Å²) in [4.78, 5) is 18.2. The third-order valence-corrected chi connectivity index (χ3v) is 5.60. The van der Waals surface area contributed by atoms with Gasteiger partial charge in [-0.05, 0) is 43.3 Å². The van der Waals surface area contributed by atoms with E-state index < -0.39 is 0 Å². The van der Waals surface area contributed by atoms with Crippen LogP contribution < -0.4 is 9.54 Å². The number of carbonyl (C=O) groups is 1. The molecule has 0 aliphatic carbocycles. The average Bonchev–Trinajstić information content (AvgIpc) is 3.12. The molecule has 0 unspecified atom stereocenters. The van der Waals surface area contributed by atoms with Crippen molar-refractivity contribution in [3.8, 4) is 11.5 Å². The Morgan fingerprint density at radius 1 is 0.967 bits per heavy atom. The van der Waals surface area contributed by atoms with Gasteiger partial charge in [-0.15, -0.1) is 0 Å². The lowest BCUT2D eigenvalue weighted by Gasteiger charge is -2.09. The Kier molecular flexibility index (Phi) is 6.37. The van der Waals surface area contributed by atoms with Gasteiger partial charge < -0.3 is 14.0 Å². The summed E-state index contributed by atoms with van der Waals surface area (Å²) in [5.41, 5.74) is 1.47. The molecular weight excluding hydrogens is 396 g/mol. The van der Waals surface area contributed by atoms with Gasteiger partial charge in [0.2, 0.25) is 0 Å². The maximum absolute atomic E-state index is 13.1. The van der Waals surface area contributed by atoms with E-state index in [-0.39, 0.29) is 5.91 Å². The second-order valence-electron chi connectivity index (χ2n) is 6.53. The molecule has 1 amide bonds. The van der Waals surface area contributed by atoms with E-state index in [1.165, 1.54) is 11.3 Å². The second kappa shape index (κ2) is 9.52. The zero-order valence-corrected chi connectivity index (χ0v) is 17.5. The van der Waals surface area contributed by atoms with Gasteiger partial charge in [0.15, 0.2) is 4.80 Å². The lowest BCUT2D eigenvalue weighted by atomic mass is 10.2. The van der Waals surface area contributed by atoms with E-state index in [9.17, 15) is 4.79 Å². The molecule has 4 aromatic rings. The van der Waals surface area contributed by atoms with Crippen LogP contribution in [0.15, 0.2) is 83.9 Å². The van der Waals surface area contributed by atoms with Gasteiger partial charge in [0.25, 0.3) is 5.91 Å². The fourth-order valence-corrected chi connectivity index (χ4v) is 4.17. The van der Waals surface area contributed by atoms with Crippen molar-refractivity contribution in [2.45, 2.75) is 13.5 Å². The Labute approximate surface area is 178 Å². The molecule has 0 N–H and O–H groups in total. The van der Waals surface area contributed by atoms with Crippen molar-refractivity contribution in [3.63, 3.8) is 0 Å². The monoisotopic (exact) mass is 418 g/mol. The van der Waals surface area contributed by atoms with E-state index in [0.717, 1.165) is 10.2 Å². The van der Waals surface area contributed by atoms with E-state index >= 15 is 0 Å². The predicted octanol–water partition coefficient (Wildman–Crippen LogP) is 5.27. The van der Waals surface area contributed by atoms with Gasteiger partial charge in [-0.1, -0.05) is 53.8 Å². The van der Waals surface area contributed by atoms with Crippen LogP contribution in [-0.4, -0.2) is 23.7 Å². The van der Waals surface area contributed by atoms with Gasteiger partial charge in [0.1, 0.15) is 11.5 Å². The van der Waals surface area contributed by atoms with E-state index in [4.69, 9.17) is 9.47 Å². The van der Waals surface area contributed by atoms with Gasteiger partial charge >= 0.3 is 0 Å². The summed E-state index contributed by atoms with van der Waals surface area (Å²) < 4.78 is 14.6. The van der Waals surface area contributed by atoms with Crippen molar-refractivity contribution in [1.29, 1.82) is 0 Å². The van der Waals surface area contributed by atoms with Crippen LogP contribution in [-0.2, 0) is 11.3 Å². The maximum atomic E-state index is 13.1. The zero-order chi connectivity index (χ0) is 20.8. The average molecular weight is 419 g/mol. The summed E-state index contributed by atoms with van der Waals surface area (Å²) in [6, 6.07) is 24.6. The number of aromatic nitrogens is 1. The molecule has 0 fully saturated rings. The van der Waals surface area contributed by atoms with Gasteiger partial charge in [-0.2, -0.15) is 4.99 Å². The molecule has 1 aromatic heterocycles. The highest BCUT2D eigenvalue weighted by atomic mass is 32.1. The number of hydrogen-bond acceptors (Lipinski definition) is 4. The number of benzene rings is 3. The summed E-state index contributed by atoms with van der Waals surface area (Å²) in [5, 5.41) is 0. The summed E-state index contributed by atoms with van der Waals surface area (Å²) in [7, 11) is 0. The number of carbonyl (C=O) groups excluding carboxylic acids is 1. The molecular formula is C24H22N2O3S. The standard InChI is InChI=1S/C24H22N2O3S/c1-2-28-17-16-26-20-13-7-9-15-22(20)30-24(26)25-23(27)19-12-6-8-14-21(19)29-18-10-4-3-5-11-18/h3-15H,2,16-17H2,1H3. The molecule has 5 nitrogen and oxygen atoms in total. The molecule has 0 spiro atoms. The zero-order valence-electron chi connectivity index (χ0n) is 16.7. The van der Waals surface area contributed by atoms with Gasteiger partial charge in [0, 0.05) is 13.2 Å². The van der Waals surface area contributed by atoms with Gasteiger partial charge in [-0.3, -0.25) is 4.79 Å². The largest absolute Gasteiger partial charge is 0.457 e. The number of nitrogens with zero attached hydrogens (tertiary/aromatic N) is 2. The van der Waals surface area contributed by atoms with Crippen LogP contribution >= 0.6 is 11.3 Å². The van der Waals surface area contributed by atoms with Crippen molar-refractivity contribution in [2.75, 3.05) is 13.2 Å². The number of rotatable bonds is 7. The van der Waals surface area contributed by atoms with Crippen molar-refractivity contribution < 1.29 is 14.3 Å². The lowest BCUT2D eigenvalue weighted by Crippen LogP contribution is -2.19.